The van der Waals surface area contributed by atoms with Gasteiger partial charge in [0.2, 0.25) is 0 Å². The summed E-state index contributed by atoms with van der Waals surface area (Å²) in [5.74, 6) is 1.29. The zero-order valence-electron chi connectivity index (χ0n) is 16.2. The van der Waals surface area contributed by atoms with Crippen LogP contribution in [0.2, 0.25) is 0 Å². The molecule has 3 aromatic rings. The molecule has 146 valence electrons. The third-order valence-electron chi connectivity index (χ3n) is 5.11. The molecule has 2 aromatic heterocycles. The number of imidazole rings is 1. The van der Waals surface area contributed by atoms with Crippen LogP contribution in [0.5, 0.6) is 5.75 Å². The van der Waals surface area contributed by atoms with Gasteiger partial charge in [0.15, 0.2) is 6.10 Å². The predicted octanol–water partition coefficient (Wildman–Crippen LogP) is 2.74. The molecule has 0 aliphatic carbocycles. The number of carbonyl (C=O) groups excluding carboxylic acids is 1. The average molecular weight is 381 g/mol. The summed E-state index contributed by atoms with van der Waals surface area (Å²) in [5.41, 5.74) is 3.04. The fourth-order valence-corrected chi connectivity index (χ4v) is 3.71. The first-order chi connectivity index (χ1) is 13.4. The molecule has 1 N–H and O–H groups in total. The van der Waals surface area contributed by atoms with E-state index in [2.05, 4.69) is 9.97 Å². The number of aromatic amines is 1. The number of carbonyl (C=O) groups is 1. The van der Waals surface area contributed by atoms with Crippen molar-refractivity contribution >= 4 is 16.9 Å². The largest absolute Gasteiger partial charge is 0.481 e. The van der Waals surface area contributed by atoms with Gasteiger partial charge in [0.25, 0.3) is 5.91 Å². The summed E-state index contributed by atoms with van der Waals surface area (Å²) in [6.07, 6.45) is 0.824. The minimum atomic E-state index is -0.649. The molecule has 0 radical (unpaired) electrons. The lowest BCUT2D eigenvalue weighted by molar-refractivity contribution is -0.139. The van der Waals surface area contributed by atoms with E-state index in [-0.39, 0.29) is 11.5 Å². The molecule has 28 heavy (non-hydrogen) atoms. The van der Waals surface area contributed by atoms with Gasteiger partial charge in [-0.1, -0.05) is 6.92 Å². The van der Waals surface area contributed by atoms with Gasteiger partial charge in [0.1, 0.15) is 17.2 Å². The van der Waals surface area contributed by atoms with Crippen molar-refractivity contribution in [3.8, 4) is 5.75 Å². The number of amides is 1. The van der Waals surface area contributed by atoms with Gasteiger partial charge in [0.05, 0.1) is 17.9 Å². The van der Waals surface area contributed by atoms with Crippen LogP contribution in [0.1, 0.15) is 36.6 Å². The van der Waals surface area contributed by atoms with E-state index in [9.17, 15) is 9.59 Å². The van der Waals surface area contributed by atoms with Gasteiger partial charge in [-0.15, -0.1) is 0 Å². The van der Waals surface area contributed by atoms with Crippen LogP contribution in [0.4, 0.5) is 0 Å². The Labute approximate surface area is 162 Å². The minimum Gasteiger partial charge on any atom is -0.481 e. The Kier molecular flexibility index (Phi) is 4.66. The number of ether oxygens (including phenoxy) is 1. The Morgan fingerprint density at radius 3 is 3.00 bits per heavy atom. The summed E-state index contributed by atoms with van der Waals surface area (Å²) >= 11 is 0. The first kappa shape index (κ1) is 18.3. The Balaban J connectivity index is 1.51. The lowest BCUT2D eigenvalue weighted by Gasteiger charge is -2.28. The highest BCUT2D eigenvalue weighted by atomic mass is 16.5. The van der Waals surface area contributed by atoms with E-state index in [1.807, 2.05) is 19.9 Å². The summed E-state index contributed by atoms with van der Waals surface area (Å²) in [6.45, 7) is 6.77. The number of nitrogens with one attached hydrogen (secondary N) is 1. The SMILES string of the molecule is CCc1cc(=O)oc2cc(OC(C)C(=O)N3CCc4nc(C)[nH]c4C3)ccc12. The first-order valence-corrected chi connectivity index (χ1v) is 9.51. The van der Waals surface area contributed by atoms with Gasteiger partial charge in [-0.25, -0.2) is 9.78 Å². The maximum atomic E-state index is 12.8. The fraction of sp³-hybridized carbons (Fsp3) is 0.381. The number of hydrogen-bond donors (Lipinski definition) is 1. The number of rotatable bonds is 4. The first-order valence-electron chi connectivity index (χ1n) is 9.51. The number of fused-ring (bicyclic) bond motifs is 2. The molecular weight excluding hydrogens is 358 g/mol. The molecule has 1 unspecified atom stereocenters. The quantitative estimate of drug-likeness (QED) is 0.702. The van der Waals surface area contributed by atoms with Crippen molar-refractivity contribution in [2.45, 2.75) is 46.3 Å². The van der Waals surface area contributed by atoms with Crippen molar-refractivity contribution in [3.05, 3.63) is 57.5 Å². The van der Waals surface area contributed by atoms with Gasteiger partial charge in [0, 0.05) is 30.5 Å². The second-order valence-electron chi connectivity index (χ2n) is 7.12. The number of aromatic nitrogens is 2. The Morgan fingerprint density at radius 2 is 2.21 bits per heavy atom. The van der Waals surface area contributed by atoms with Crippen molar-refractivity contribution in [3.63, 3.8) is 0 Å². The van der Waals surface area contributed by atoms with E-state index in [4.69, 9.17) is 9.15 Å². The average Bonchev–Trinajstić information content (AvgIpc) is 3.05. The lowest BCUT2D eigenvalue weighted by Crippen LogP contribution is -2.43. The van der Waals surface area contributed by atoms with Crippen LogP contribution in [-0.2, 0) is 24.2 Å². The van der Waals surface area contributed by atoms with E-state index in [0.717, 1.165) is 41.0 Å². The number of hydrogen-bond acceptors (Lipinski definition) is 5. The van der Waals surface area contributed by atoms with Crippen LogP contribution < -0.4 is 10.4 Å². The lowest BCUT2D eigenvalue weighted by atomic mass is 10.1. The van der Waals surface area contributed by atoms with Crippen LogP contribution in [0.25, 0.3) is 11.0 Å². The van der Waals surface area contributed by atoms with E-state index >= 15 is 0 Å². The standard InChI is InChI=1S/C21H23N3O4/c1-4-14-9-20(25)28-19-10-15(5-6-16(14)19)27-12(2)21(26)24-8-7-17-18(11-24)23-13(3)22-17/h5-6,9-10,12H,4,7-8,11H2,1-3H3,(H,22,23). The molecule has 3 heterocycles. The normalized spacial score (nSPS) is 14.8. The third kappa shape index (κ3) is 3.40. The van der Waals surface area contributed by atoms with Gasteiger partial charge in [-0.3, -0.25) is 4.79 Å². The van der Waals surface area contributed by atoms with Crippen LogP contribution >= 0.6 is 0 Å². The number of nitrogens with zero attached hydrogens (tertiary/aromatic N) is 2. The maximum Gasteiger partial charge on any atom is 0.336 e. The van der Waals surface area contributed by atoms with Gasteiger partial charge < -0.3 is 19.0 Å². The van der Waals surface area contributed by atoms with Crippen molar-refractivity contribution < 1.29 is 13.9 Å². The van der Waals surface area contributed by atoms with E-state index < -0.39 is 6.10 Å². The molecule has 0 fully saturated rings. The third-order valence-corrected chi connectivity index (χ3v) is 5.11. The van der Waals surface area contributed by atoms with Gasteiger partial charge in [-0.2, -0.15) is 0 Å². The van der Waals surface area contributed by atoms with Crippen molar-refractivity contribution in [2.24, 2.45) is 0 Å². The highest BCUT2D eigenvalue weighted by molar-refractivity contribution is 5.83. The van der Waals surface area contributed by atoms with Crippen LogP contribution in [0.15, 0.2) is 33.5 Å². The smallest absolute Gasteiger partial charge is 0.336 e. The van der Waals surface area contributed by atoms with Crippen molar-refractivity contribution in [1.29, 1.82) is 0 Å². The number of aryl methyl sites for hydroxylation is 2. The Morgan fingerprint density at radius 1 is 1.39 bits per heavy atom. The summed E-state index contributed by atoms with van der Waals surface area (Å²) < 4.78 is 11.2. The molecule has 0 saturated heterocycles. The van der Waals surface area contributed by atoms with E-state index in [1.54, 1.807) is 24.0 Å². The highest BCUT2D eigenvalue weighted by Crippen LogP contribution is 2.24. The molecule has 1 aliphatic rings. The molecule has 7 nitrogen and oxygen atoms in total. The second-order valence-corrected chi connectivity index (χ2v) is 7.12. The summed E-state index contributed by atoms with van der Waals surface area (Å²) in [7, 11) is 0. The topological polar surface area (TPSA) is 88.4 Å². The zero-order valence-corrected chi connectivity index (χ0v) is 16.2. The monoisotopic (exact) mass is 381 g/mol. The number of H-pyrrole nitrogens is 1. The van der Waals surface area contributed by atoms with Gasteiger partial charge in [-0.05, 0) is 38.0 Å². The molecule has 0 spiro atoms. The minimum absolute atomic E-state index is 0.0817. The van der Waals surface area contributed by atoms with E-state index in [0.29, 0.717) is 24.4 Å². The van der Waals surface area contributed by atoms with Crippen LogP contribution in [0, 0.1) is 6.92 Å². The molecule has 1 aromatic carbocycles. The summed E-state index contributed by atoms with van der Waals surface area (Å²) in [6, 6.07) is 6.85. The molecule has 0 bridgehead atoms. The van der Waals surface area contributed by atoms with Crippen molar-refractivity contribution in [1.82, 2.24) is 14.9 Å². The van der Waals surface area contributed by atoms with Crippen molar-refractivity contribution in [2.75, 3.05) is 6.54 Å². The zero-order chi connectivity index (χ0) is 19.8. The summed E-state index contributed by atoms with van der Waals surface area (Å²) in [4.78, 5) is 34.0. The fourth-order valence-electron chi connectivity index (χ4n) is 3.71. The van der Waals surface area contributed by atoms with Gasteiger partial charge >= 0.3 is 5.63 Å². The molecular formula is C21H23N3O4. The highest BCUT2D eigenvalue weighted by Gasteiger charge is 2.27. The Hall–Kier alpha value is -3.09. The summed E-state index contributed by atoms with van der Waals surface area (Å²) in [5, 5.41) is 0.881. The molecule has 1 aliphatic heterocycles. The molecule has 4 rings (SSSR count). The molecule has 0 saturated carbocycles. The number of benzene rings is 1. The molecule has 1 atom stereocenters. The predicted molar refractivity (Wildman–Crippen MR) is 104 cm³/mol. The van der Waals surface area contributed by atoms with E-state index in [1.165, 1.54) is 6.07 Å². The van der Waals surface area contributed by atoms with Crippen LogP contribution in [-0.4, -0.2) is 33.4 Å². The van der Waals surface area contributed by atoms with Crippen LogP contribution in [0.3, 0.4) is 0 Å². The second kappa shape index (κ2) is 7.14. The Bertz CT molecular complexity index is 1100. The maximum absolute atomic E-state index is 12.8. The molecule has 1 amide bonds. The molecule has 7 heteroatoms.